The highest BCUT2D eigenvalue weighted by Crippen LogP contribution is 2.41. The molecule has 2 aromatic rings. The molecule has 0 aliphatic carbocycles. The molecule has 1 unspecified atom stereocenters. The topological polar surface area (TPSA) is 112 Å². The van der Waals surface area contributed by atoms with Crippen LogP contribution in [0.4, 0.5) is 0 Å². The summed E-state index contributed by atoms with van der Waals surface area (Å²) in [6.07, 6.45) is 0. The highest BCUT2D eigenvalue weighted by atomic mass is 16.5. The molecular weight excluding hydrogens is 430 g/mol. The summed E-state index contributed by atoms with van der Waals surface area (Å²) in [5, 5.41) is 11.2. The molecule has 0 radical (unpaired) electrons. The van der Waals surface area contributed by atoms with E-state index >= 15 is 0 Å². The number of ketones is 1. The summed E-state index contributed by atoms with van der Waals surface area (Å²) in [6.45, 7) is 1.62. The van der Waals surface area contributed by atoms with Gasteiger partial charge in [0.1, 0.15) is 23.0 Å². The standard InChI is InChI=1S/C24H25NO8/c1-14(26)33-16-7-5-15(6-8-16)21-20(23(28)24(29)25(21)11-12-30-2)22(27)18-10-9-17(31-3)13-19(18)32-4/h5-10,13,21,27H,11-12H2,1-4H3/b22-20-. The molecule has 3 rings (SSSR count). The summed E-state index contributed by atoms with van der Waals surface area (Å²) in [5.74, 6) is -1.33. The van der Waals surface area contributed by atoms with E-state index in [1.54, 1.807) is 42.5 Å². The van der Waals surface area contributed by atoms with Gasteiger partial charge in [-0.1, -0.05) is 12.1 Å². The average Bonchev–Trinajstić information content (AvgIpc) is 3.06. The molecular formula is C24H25NO8. The lowest BCUT2D eigenvalue weighted by Gasteiger charge is -2.25. The molecule has 9 heteroatoms. The Balaban J connectivity index is 2.15. The van der Waals surface area contributed by atoms with Gasteiger partial charge in [-0.15, -0.1) is 0 Å². The molecule has 1 aliphatic rings. The molecule has 0 bridgehead atoms. The maximum atomic E-state index is 13.0. The van der Waals surface area contributed by atoms with E-state index in [1.165, 1.54) is 33.2 Å². The number of benzene rings is 2. The summed E-state index contributed by atoms with van der Waals surface area (Å²) in [5.41, 5.74) is 0.708. The Morgan fingerprint density at radius 1 is 1.00 bits per heavy atom. The van der Waals surface area contributed by atoms with E-state index in [0.29, 0.717) is 17.1 Å². The van der Waals surface area contributed by atoms with Crippen molar-refractivity contribution >= 4 is 23.4 Å². The summed E-state index contributed by atoms with van der Waals surface area (Å²) in [7, 11) is 4.41. The minimum atomic E-state index is -0.877. The van der Waals surface area contributed by atoms with Crippen LogP contribution in [0.2, 0.25) is 0 Å². The van der Waals surface area contributed by atoms with Crippen molar-refractivity contribution in [3.05, 3.63) is 59.2 Å². The van der Waals surface area contributed by atoms with Gasteiger partial charge in [0, 0.05) is 26.6 Å². The molecule has 1 aliphatic heterocycles. The first-order valence-electron chi connectivity index (χ1n) is 10.1. The molecule has 0 aromatic heterocycles. The number of carbonyl (C=O) groups excluding carboxylic acids is 3. The maximum Gasteiger partial charge on any atom is 0.308 e. The van der Waals surface area contributed by atoms with Crippen LogP contribution in [0.5, 0.6) is 17.2 Å². The molecule has 1 heterocycles. The lowest BCUT2D eigenvalue weighted by atomic mass is 9.95. The van der Waals surface area contributed by atoms with Gasteiger partial charge in [0.25, 0.3) is 11.7 Å². The lowest BCUT2D eigenvalue weighted by molar-refractivity contribution is -0.140. The minimum absolute atomic E-state index is 0.0835. The number of aliphatic hydroxyl groups is 1. The molecule has 1 fully saturated rings. The SMILES string of the molecule is COCCN1C(=O)C(=O)/C(=C(\O)c2ccc(OC)cc2OC)C1c1ccc(OC(C)=O)cc1. The first-order chi connectivity index (χ1) is 15.8. The fraction of sp³-hybridized carbons (Fsp3) is 0.292. The number of amides is 1. The lowest BCUT2D eigenvalue weighted by Crippen LogP contribution is -2.32. The molecule has 33 heavy (non-hydrogen) atoms. The Kier molecular flexibility index (Phi) is 7.34. The molecule has 1 atom stereocenters. The Hall–Kier alpha value is -3.85. The van der Waals surface area contributed by atoms with Crippen molar-refractivity contribution < 1.29 is 38.4 Å². The number of nitrogens with zero attached hydrogens (tertiary/aromatic N) is 1. The predicted octanol–water partition coefficient (Wildman–Crippen LogP) is 2.70. The van der Waals surface area contributed by atoms with Gasteiger partial charge < -0.3 is 29.0 Å². The zero-order chi connectivity index (χ0) is 24.1. The third-order valence-corrected chi connectivity index (χ3v) is 5.20. The fourth-order valence-electron chi connectivity index (χ4n) is 3.67. The second kappa shape index (κ2) is 10.2. The number of hydrogen-bond acceptors (Lipinski definition) is 8. The Bertz CT molecular complexity index is 1090. The van der Waals surface area contributed by atoms with Crippen LogP contribution in [0, 0.1) is 0 Å². The van der Waals surface area contributed by atoms with Gasteiger partial charge in [0.2, 0.25) is 0 Å². The molecule has 0 spiro atoms. The van der Waals surface area contributed by atoms with Crippen LogP contribution in [-0.2, 0) is 19.1 Å². The minimum Gasteiger partial charge on any atom is -0.507 e. The molecule has 174 valence electrons. The number of aliphatic hydroxyl groups excluding tert-OH is 1. The number of methoxy groups -OCH3 is 3. The smallest absolute Gasteiger partial charge is 0.308 e. The fourth-order valence-corrected chi connectivity index (χ4v) is 3.67. The summed E-state index contributed by atoms with van der Waals surface area (Å²) in [4.78, 5) is 38.5. The van der Waals surface area contributed by atoms with Crippen LogP contribution >= 0.6 is 0 Å². The number of esters is 1. The van der Waals surface area contributed by atoms with Gasteiger partial charge in [-0.05, 0) is 29.8 Å². The highest BCUT2D eigenvalue weighted by Gasteiger charge is 2.46. The van der Waals surface area contributed by atoms with Crippen LogP contribution in [0.25, 0.3) is 5.76 Å². The molecule has 0 saturated carbocycles. The zero-order valence-corrected chi connectivity index (χ0v) is 18.8. The van der Waals surface area contributed by atoms with E-state index in [-0.39, 0.29) is 35.8 Å². The van der Waals surface area contributed by atoms with Gasteiger partial charge in [-0.25, -0.2) is 0 Å². The third-order valence-electron chi connectivity index (χ3n) is 5.20. The van der Waals surface area contributed by atoms with Gasteiger partial charge in [-0.2, -0.15) is 0 Å². The number of rotatable bonds is 8. The van der Waals surface area contributed by atoms with Gasteiger partial charge >= 0.3 is 5.97 Å². The average molecular weight is 455 g/mol. The van der Waals surface area contributed by atoms with E-state index in [9.17, 15) is 19.5 Å². The van der Waals surface area contributed by atoms with Crippen LogP contribution in [-0.4, -0.2) is 62.1 Å². The monoisotopic (exact) mass is 455 g/mol. The summed E-state index contributed by atoms with van der Waals surface area (Å²) >= 11 is 0. The van der Waals surface area contributed by atoms with Crippen LogP contribution in [0.15, 0.2) is 48.0 Å². The largest absolute Gasteiger partial charge is 0.507 e. The number of hydrogen-bond donors (Lipinski definition) is 1. The molecule has 9 nitrogen and oxygen atoms in total. The van der Waals surface area contributed by atoms with Crippen molar-refractivity contribution in [2.75, 3.05) is 34.5 Å². The van der Waals surface area contributed by atoms with Crippen molar-refractivity contribution in [3.63, 3.8) is 0 Å². The quantitative estimate of drug-likeness (QED) is 0.213. The Morgan fingerprint density at radius 2 is 1.67 bits per heavy atom. The third kappa shape index (κ3) is 4.83. The van der Waals surface area contributed by atoms with E-state index in [0.717, 1.165) is 0 Å². The first-order valence-corrected chi connectivity index (χ1v) is 10.1. The second-order valence-electron chi connectivity index (χ2n) is 7.21. The maximum absolute atomic E-state index is 13.0. The highest BCUT2D eigenvalue weighted by molar-refractivity contribution is 6.46. The van der Waals surface area contributed by atoms with Crippen LogP contribution in [0.1, 0.15) is 24.1 Å². The van der Waals surface area contributed by atoms with Gasteiger partial charge in [0.15, 0.2) is 0 Å². The predicted molar refractivity (Wildman–Crippen MR) is 118 cm³/mol. The molecule has 1 amide bonds. The van der Waals surface area contributed by atoms with E-state index in [4.69, 9.17) is 18.9 Å². The van der Waals surface area contributed by atoms with E-state index < -0.39 is 23.7 Å². The van der Waals surface area contributed by atoms with Crippen molar-refractivity contribution in [2.45, 2.75) is 13.0 Å². The molecule has 2 aromatic carbocycles. The number of likely N-dealkylation sites (tertiary alicyclic amines) is 1. The van der Waals surface area contributed by atoms with E-state index in [1.807, 2.05) is 0 Å². The van der Waals surface area contributed by atoms with Gasteiger partial charge in [-0.3, -0.25) is 14.4 Å². The molecule has 1 saturated heterocycles. The number of carbonyl (C=O) groups is 3. The number of Topliss-reactive ketones (excluding diaryl/α,β-unsaturated/α-hetero) is 1. The van der Waals surface area contributed by atoms with E-state index in [2.05, 4.69) is 0 Å². The van der Waals surface area contributed by atoms with Crippen molar-refractivity contribution in [2.24, 2.45) is 0 Å². The number of ether oxygens (including phenoxy) is 4. The van der Waals surface area contributed by atoms with Crippen molar-refractivity contribution in [3.8, 4) is 17.2 Å². The molecule has 1 N–H and O–H groups in total. The first kappa shape index (κ1) is 23.8. The van der Waals surface area contributed by atoms with Crippen molar-refractivity contribution in [1.82, 2.24) is 4.90 Å². The van der Waals surface area contributed by atoms with Gasteiger partial charge in [0.05, 0.1) is 38.0 Å². The Labute approximate surface area is 191 Å². The Morgan fingerprint density at radius 3 is 2.24 bits per heavy atom. The summed E-state index contributed by atoms with van der Waals surface area (Å²) < 4.78 is 20.7. The normalized spacial score (nSPS) is 17.2. The summed E-state index contributed by atoms with van der Waals surface area (Å²) in [6, 6.07) is 10.2. The zero-order valence-electron chi connectivity index (χ0n) is 18.8. The second-order valence-corrected chi connectivity index (χ2v) is 7.21. The van der Waals surface area contributed by atoms with Crippen LogP contribution < -0.4 is 14.2 Å². The van der Waals surface area contributed by atoms with Crippen molar-refractivity contribution in [1.29, 1.82) is 0 Å². The van der Waals surface area contributed by atoms with Crippen LogP contribution in [0.3, 0.4) is 0 Å².